The Kier molecular flexibility index (Phi) is 3.75. The number of para-hydroxylation sites is 1. The number of fused-ring (bicyclic) bond motifs is 1. The monoisotopic (exact) mass is 295 g/mol. The SMILES string of the molecule is CC(C)(C)NC1C(=O)c2ccccc2OC1c1ccccc1. The van der Waals surface area contributed by atoms with Crippen LogP contribution in [-0.2, 0) is 0 Å². The molecule has 2 aromatic rings. The van der Waals surface area contributed by atoms with Crippen LogP contribution in [0.2, 0.25) is 0 Å². The highest BCUT2D eigenvalue weighted by molar-refractivity contribution is 6.04. The van der Waals surface area contributed by atoms with Crippen molar-refractivity contribution in [3.8, 4) is 5.75 Å². The highest BCUT2D eigenvalue weighted by Gasteiger charge is 2.39. The van der Waals surface area contributed by atoms with Gasteiger partial charge in [0.25, 0.3) is 0 Å². The molecule has 0 spiro atoms. The summed E-state index contributed by atoms with van der Waals surface area (Å²) in [5, 5.41) is 3.42. The lowest BCUT2D eigenvalue weighted by molar-refractivity contribution is 0.0688. The number of hydrogen-bond donors (Lipinski definition) is 1. The lowest BCUT2D eigenvalue weighted by Gasteiger charge is -2.37. The van der Waals surface area contributed by atoms with Gasteiger partial charge in [0.2, 0.25) is 0 Å². The predicted octanol–water partition coefficient (Wildman–Crippen LogP) is 3.76. The molecule has 1 aliphatic rings. The second-order valence-corrected chi connectivity index (χ2v) is 6.68. The van der Waals surface area contributed by atoms with E-state index in [1.807, 2.05) is 54.6 Å². The Morgan fingerprint density at radius 1 is 0.955 bits per heavy atom. The number of carbonyl (C=O) groups is 1. The molecule has 3 heteroatoms. The van der Waals surface area contributed by atoms with Crippen LogP contribution in [0.15, 0.2) is 54.6 Å². The molecule has 0 saturated carbocycles. The molecule has 0 saturated heterocycles. The summed E-state index contributed by atoms with van der Waals surface area (Å²) in [5.74, 6) is 0.749. The summed E-state index contributed by atoms with van der Waals surface area (Å²) in [7, 11) is 0. The first kappa shape index (κ1) is 14.8. The zero-order chi connectivity index (χ0) is 15.7. The van der Waals surface area contributed by atoms with E-state index in [2.05, 4.69) is 26.1 Å². The third-order valence-electron chi connectivity index (χ3n) is 3.71. The molecule has 0 bridgehead atoms. The van der Waals surface area contributed by atoms with Gasteiger partial charge in [-0.1, -0.05) is 42.5 Å². The summed E-state index contributed by atoms with van der Waals surface area (Å²) in [6.45, 7) is 6.18. The predicted molar refractivity (Wildman–Crippen MR) is 87.3 cm³/mol. The van der Waals surface area contributed by atoms with E-state index >= 15 is 0 Å². The quantitative estimate of drug-likeness (QED) is 0.916. The van der Waals surface area contributed by atoms with E-state index < -0.39 is 6.04 Å². The maximum atomic E-state index is 12.9. The van der Waals surface area contributed by atoms with Crippen molar-refractivity contribution in [2.24, 2.45) is 0 Å². The van der Waals surface area contributed by atoms with Gasteiger partial charge in [-0.25, -0.2) is 0 Å². The summed E-state index contributed by atoms with van der Waals surface area (Å²) < 4.78 is 6.16. The maximum absolute atomic E-state index is 12.9. The largest absolute Gasteiger partial charge is 0.483 e. The average Bonchev–Trinajstić information content (AvgIpc) is 2.50. The van der Waals surface area contributed by atoms with Crippen LogP contribution in [0.1, 0.15) is 42.8 Å². The number of Topliss-reactive ketones (excluding diaryl/α,β-unsaturated/α-hetero) is 1. The van der Waals surface area contributed by atoms with Crippen LogP contribution in [0.4, 0.5) is 0 Å². The normalized spacial score (nSPS) is 21.1. The molecule has 0 aromatic heterocycles. The summed E-state index contributed by atoms with van der Waals surface area (Å²) >= 11 is 0. The number of carbonyl (C=O) groups excluding carboxylic acids is 1. The highest BCUT2D eigenvalue weighted by atomic mass is 16.5. The molecule has 1 aliphatic heterocycles. The first-order valence-corrected chi connectivity index (χ1v) is 7.58. The molecule has 2 aromatic carbocycles. The first-order valence-electron chi connectivity index (χ1n) is 7.58. The van der Waals surface area contributed by atoms with E-state index in [-0.39, 0.29) is 17.4 Å². The van der Waals surface area contributed by atoms with Crippen molar-refractivity contribution in [2.45, 2.75) is 38.5 Å². The minimum Gasteiger partial charge on any atom is -0.483 e. The van der Waals surface area contributed by atoms with Gasteiger partial charge < -0.3 is 4.74 Å². The van der Waals surface area contributed by atoms with Crippen molar-refractivity contribution in [3.05, 3.63) is 65.7 Å². The number of ketones is 1. The molecule has 0 aliphatic carbocycles. The van der Waals surface area contributed by atoms with Gasteiger partial charge in [-0.15, -0.1) is 0 Å². The van der Waals surface area contributed by atoms with Crippen molar-refractivity contribution in [1.29, 1.82) is 0 Å². The Bertz CT molecular complexity index is 673. The first-order chi connectivity index (χ1) is 10.5. The van der Waals surface area contributed by atoms with Crippen LogP contribution in [0.3, 0.4) is 0 Å². The van der Waals surface area contributed by atoms with Gasteiger partial charge in [0.1, 0.15) is 17.9 Å². The van der Waals surface area contributed by atoms with Crippen LogP contribution >= 0.6 is 0 Å². The van der Waals surface area contributed by atoms with Gasteiger partial charge in [0, 0.05) is 5.54 Å². The van der Waals surface area contributed by atoms with Crippen LogP contribution in [-0.4, -0.2) is 17.4 Å². The van der Waals surface area contributed by atoms with E-state index in [1.54, 1.807) is 0 Å². The lowest BCUT2D eigenvalue weighted by Crippen LogP contribution is -2.53. The molecular weight excluding hydrogens is 274 g/mol. The maximum Gasteiger partial charge on any atom is 0.187 e. The summed E-state index contributed by atoms with van der Waals surface area (Å²) in [6, 6.07) is 17.0. The molecule has 3 nitrogen and oxygen atoms in total. The number of hydrogen-bond acceptors (Lipinski definition) is 3. The smallest absolute Gasteiger partial charge is 0.187 e. The van der Waals surface area contributed by atoms with Gasteiger partial charge >= 0.3 is 0 Å². The molecule has 22 heavy (non-hydrogen) atoms. The Hall–Kier alpha value is -2.13. The summed E-state index contributed by atoms with van der Waals surface area (Å²) in [4.78, 5) is 12.9. The van der Waals surface area contributed by atoms with E-state index in [4.69, 9.17) is 4.74 Å². The third kappa shape index (κ3) is 2.90. The van der Waals surface area contributed by atoms with Crippen molar-refractivity contribution in [3.63, 3.8) is 0 Å². The molecule has 0 amide bonds. The molecule has 114 valence electrons. The topological polar surface area (TPSA) is 38.3 Å². The van der Waals surface area contributed by atoms with Crippen LogP contribution in [0.25, 0.3) is 0 Å². The molecule has 1 N–H and O–H groups in total. The van der Waals surface area contributed by atoms with Crippen molar-refractivity contribution < 1.29 is 9.53 Å². The fraction of sp³-hybridized carbons (Fsp3) is 0.316. The van der Waals surface area contributed by atoms with Gasteiger partial charge in [0.05, 0.1) is 5.56 Å². The Labute approximate surface area is 131 Å². The Morgan fingerprint density at radius 2 is 1.59 bits per heavy atom. The van der Waals surface area contributed by atoms with E-state index in [0.29, 0.717) is 11.3 Å². The van der Waals surface area contributed by atoms with Crippen molar-refractivity contribution >= 4 is 5.78 Å². The zero-order valence-corrected chi connectivity index (χ0v) is 13.2. The van der Waals surface area contributed by atoms with E-state index in [0.717, 1.165) is 5.56 Å². The molecule has 2 unspecified atom stereocenters. The number of ether oxygens (including phenoxy) is 1. The highest BCUT2D eigenvalue weighted by Crippen LogP contribution is 2.35. The molecule has 3 rings (SSSR count). The number of nitrogens with one attached hydrogen (secondary N) is 1. The standard InChI is InChI=1S/C19H21NO2/c1-19(2,3)20-16-17(21)14-11-7-8-12-15(14)22-18(16)13-9-5-4-6-10-13/h4-12,16,18,20H,1-3H3. The Morgan fingerprint density at radius 3 is 2.27 bits per heavy atom. The van der Waals surface area contributed by atoms with Gasteiger partial charge in [-0.05, 0) is 38.5 Å². The molecular formula is C19H21NO2. The Balaban J connectivity index is 2.04. The van der Waals surface area contributed by atoms with Crippen molar-refractivity contribution in [2.75, 3.05) is 0 Å². The minimum atomic E-state index is -0.391. The van der Waals surface area contributed by atoms with E-state index in [9.17, 15) is 4.79 Å². The summed E-state index contributed by atoms with van der Waals surface area (Å²) in [6.07, 6.45) is -0.317. The molecule has 1 heterocycles. The van der Waals surface area contributed by atoms with E-state index in [1.165, 1.54) is 0 Å². The van der Waals surface area contributed by atoms with Gasteiger partial charge in [-0.3, -0.25) is 10.1 Å². The zero-order valence-electron chi connectivity index (χ0n) is 13.2. The number of rotatable bonds is 2. The van der Waals surface area contributed by atoms with Crippen LogP contribution in [0, 0.1) is 0 Å². The molecule has 0 fully saturated rings. The third-order valence-corrected chi connectivity index (χ3v) is 3.71. The van der Waals surface area contributed by atoms with Gasteiger partial charge in [-0.2, -0.15) is 0 Å². The fourth-order valence-corrected chi connectivity index (χ4v) is 2.79. The lowest BCUT2D eigenvalue weighted by atomic mass is 9.89. The van der Waals surface area contributed by atoms with Crippen LogP contribution in [0.5, 0.6) is 5.75 Å². The minimum absolute atomic E-state index is 0.0885. The molecule has 0 radical (unpaired) electrons. The summed E-state index contributed by atoms with van der Waals surface area (Å²) in [5.41, 5.74) is 1.48. The average molecular weight is 295 g/mol. The van der Waals surface area contributed by atoms with Gasteiger partial charge in [0.15, 0.2) is 5.78 Å². The second-order valence-electron chi connectivity index (χ2n) is 6.68. The van der Waals surface area contributed by atoms with Crippen molar-refractivity contribution in [1.82, 2.24) is 5.32 Å². The molecule has 2 atom stereocenters. The number of benzene rings is 2. The second kappa shape index (κ2) is 5.58. The van der Waals surface area contributed by atoms with Crippen LogP contribution < -0.4 is 10.1 Å². The fourth-order valence-electron chi connectivity index (χ4n) is 2.79.